The molecule has 0 heterocycles. The van der Waals surface area contributed by atoms with E-state index < -0.39 is 49.8 Å². The molecule has 0 aliphatic rings. The zero-order chi connectivity index (χ0) is 19.3. The Morgan fingerprint density at radius 2 is 1.20 bits per heavy atom. The van der Waals surface area contributed by atoms with Crippen LogP contribution in [0.25, 0.3) is 0 Å². The second-order valence-electron chi connectivity index (χ2n) is 5.19. The summed E-state index contributed by atoms with van der Waals surface area (Å²) in [5.41, 5.74) is 0.741. The van der Waals surface area contributed by atoms with E-state index in [1.54, 1.807) is 6.92 Å². The van der Waals surface area contributed by atoms with Gasteiger partial charge in [-0.25, -0.2) is 0 Å². The van der Waals surface area contributed by atoms with Crippen molar-refractivity contribution >= 4 is 29.5 Å². The van der Waals surface area contributed by atoms with Gasteiger partial charge in [0.25, 0.3) is 0 Å². The lowest BCUT2D eigenvalue weighted by molar-refractivity contribution is 0.217. The van der Waals surface area contributed by atoms with Crippen LogP contribution >= 0.6 is 0 Å². The number of hydrogen-bond acceptors (Lipinski definition) is 8. The summed E-state index contributed by atoms with van der Waals surface area (Å²) in [6.45, 7) is 1.04. The van der Waals surface area contributed by atoms with Crippen LogP contribution in [0.3, 0.4) is 0 Å². The van der Waals surface area contributed by atoms with E-state index in [1.165, 1.54) is 38.5 Å². The highest BCUT2D eigenvalue weighted by Gasteiger charge is 2.35. The van der Waals surface area contributed by atoms with Gasteiger partial charge in [-0.05, 0) is 19.1 Å². The monoisotopic (exact) mass is 413 g/mol. The lowest BCUT2D eigenvalue weighted by atomic mass is 10.2. The minimum Gasteiger partial charge on any atom is -0.384 e. The van der Waals surface area contributed by atoms with E-state index in [0.717, 1.165) is 5.56 Å². The van der Waals surface area contributed by atoms with Gasteiger partial charge in [0.2, 0.25) is 0 Å². The molecule has 0 unspecified atom stereocenters. The summed E-state index contributed by atoms with van der Waals surface area (Å²) in [5.74, 6) is -1.54. The first-order valence-corrected chi connectivity index (χ1v) is 11.9. The summed E-state index contributed by atoms with van der Waals surface area (Å²) in [6.07, 6.45) is 0. The van der Waals surface area contributed by atoms with Crippen LogP contribution in [0.5, 0.6) is 0 Å². The van der Waals surface area contributed by atoms with Crippen LogP contribution in [0.4, 0.5) is 0 Å². The Labute approximate surface area is 148 Å². The first-order valence-electron chi connectivity index (χ1n) is 7.11. The molecule has 25 heavy (non-hydrogen) atoms. The second kappa shape index (κ2) is 8.58. The van der Waals surface area contributed by atoms with Gasteiger partial charge in [0.05, 0.1) is 42.7 Å². The molecule has 8 nitrogen and oxygen atoms in total. The average molecular weight is 414 g/mol. The number of benzene rings is 1. The largest absolute Gasteiger partial charge is 0.384 e. The van der Waals surface area contributed by atoms with Gasteiger partial charge in [-0.1, -0.05) is 17.7 Å². The summed E-state index contributed by atoms with van der Waals surface area (Å²) >= 11 is 0. The molecule has 0 aliphatic heterocycles. The summed E-state index contributed by atoms with van der Waals surface area (Å²) < 4.78 is 83.2. The van der Waals surface area contributed by atoms with Crippen LogP contribution < -0.4 is 0 Å². The van der Waals surface area contributed by atoms with Crippen molar-refractivity contribution in [2.24, 2.45) is 0 Å². The quantitative estimate of drug-likeness (QED) is 0.503. The van der Waals surface area contributed by atoms with Gasteiger partial charge < -0.3 is 9.47 Å². The fourth-order valence-corrected chi connectivity index (χ4v) is 9.49. The Bertz CT molecular complexity index is 831. The van der Waals surface area contributed by atoms with Crippen molar-refractivity contribution in [3.8, 4) is 0 Å². The van der Waals surface area contributed by atoms with Gasteiger partial charge in [0.1, 0.15) is 0 Å². The predicted octanol–water partition coefficient (Wildman–Crippen LogP) is 0.338. The van der Waals surface area contributed by atoms with E-state index in [4.69, 9.17) is 0 Å². The fourth-order valence-electron chi connectivity index (χ4n) is 1.89. The zero-order valence-corrected chi connectivity index (χ0v) is 16.6. The highest BCUT2D eigenvalue weighted by molar-refractivity contribution is 8.29. The van der Waals surface area contributed by atoms with E-state index in [0.29, 0.717) is 0 Å². The molecule has 144 valence electrons. The molecule has 0 saturated heterocycles. The van der Waals surface area contributed by atoms with E-state index in [1.807, 2.05) is 0 Å². The second-order valence-corrected chi connectivity index (χ2v) is 11.9. The molecule has 0 radical (unpaired) electrons. The van der Waals surface area contributed by atoms with Gasteiger partial charge in [0, 0.05) is 34.5 Å². The number of hydrogen-bond donors (Lipinski definition) is 0. The first-order chi connectivity index (χ1) is 11.5. The van der Waals surface area contributed by atoms with Crippen molar-refractivity contribution in [3.05, 3.63) is 33.7 Å². The molecule has 0 spiro atoms. The molecule has 0 fully saturated rings. The highest BCUT2D eigenvalue weighted by Crippen LogP contribution is 2.32. The molecular formula is C14H21O8S3-. The van der Waals surface area contributed by atoms with Gasteiger partial charge in [0.15, 0.2) is 0 Å². The first kappa shape index (κ1) is 22.0. The van der Waals surface area contributed by atoms with Crippen LogP contribution in [0.15, 0.2) is 29.2 Å². The van der Waals surface area contributed by atoms with Gasteiger partial charge in [-0.3, -0.25) is 25.3 Å². The number of sulfone groups is 3. The number of methoxy groups -OCH3 is 2. The van der Waals surface area contributed by atoms with Crippen LogP contribution in [-0.4, -0.2) is 64.2 Å². The van der Waals surface area contributed by atoms with Crippen molar-refractivity contribution in [2.45, 2.75) is 11.8 Å². The number of aryl methyl sites for hydroxylation is 1. The molecule has 11 heteroatoms. The Hall–Kier alpha value is -1.01. The predicted molar refractivity (Wildman–Crippen MR) is 92.9 cm³/mol. The van der Waals surface area contributed by atoms with Crippen molar-refractivity contribution in [1.29, 1.82) is 0 Å². The maximum absolute atomic E-state index is 12.8. The van der Waals surface area contributed by atoms with Crippen molar-refractivity contribution in [3.63, 3.8) is 0 Å². The normalized spacial score (nSPS) is 13.3. The van der Waals surface area contributed by atoms with E-state index in [-0.39, 0.29) is 13.2 Å². The van der Waals surface area contributed by atoms with E-state index in [9.17, 15) is 25.3 Å². The molecule has 1 aromatic rings. The van der Waals surface area contributed by atoms with Gasteiger partial charge in [-0.15, -0.1) is 0 Å². The van der Waals surface area contributed by atoms with Gasteiger partial charge in [-0.2, -0.15) is 0 Å². The summed E-state index contributed by atoms with van der Waals surface area (Å²) in [4.78, 5) is -0.407. The third-order valence-electron chi connectivity index (χ3n) is 3.17. The standard InChI is InChI=1S/C14H21O8S3/c1-12-4-6-13(7-5-12)25(19,20)14(23(15,16)10-8-21-2)24(17,18)11-9-22-3/h4-7H,8-11H2,1-3H3/q-1. The Morgan fingerprint density at radius 1 is 0.800 bits per heavy atom. The minimum absolute atomic E-state index is 0.338. The third-order valence-corrected chi connectivity index (χ3v) is 11.3. The molecule has 0 atom stereocenters. The van der Waals surface area contributed by atoms with Crippen LogP contribution in [0.1, 0.15) is 5.56 Å². The maximum Gasteiger partial charge on any atom is 0.0824 e. The number of ether oxygens (including phenoxy) is 2. The number of rotatable bonds is 10. The minimum atomic E-state index is -4.76. The van der Waals surface area contributed by atoms with Crippen molar-refractivity contribution in [1.82, 2.24) is 0 Å². The molecule has 0 aliphatic carbocycles. The molecule has 0 amide bonds. The lowest BCUT2D eigenvalue weighted by Gasteiger charge is -2.29. The molecule has 1 aromatic carbocycles. The third kappa shape index (κ3) is 5.48. The maximum atomic E-state index is 12.8. The average Bonchev–Trinajstić information content (AvgIpc) is 2.50. The fraction of sp³-hybridized carbons (Fsp3) is 0.500. The Balaban J connectivity index is 3.53. The smallest absolute Gasteiger partial charge is 0.0824 e. The lowest BCUT2D eigenvalue weighted by Crippen LogP contribution is -2.35. The van der Waals surface area contributed by atoms with E-state index >= 15 is 0 Å². The highest BCUT2D eigenvalue weighted by atomic mass is 32.3. The van der Waals surface area contributed by atoms with Crippen LogP contribution in [-0.2, 0) is 39.0 Å². The van der Waals surface area contributed by atoms with Crippen LogP contribution in [0, 0.1) is 10.8 Å². The zero-order valence-electron chi connectivity index (χ0n) is 14.1. The molecule has 0 N–H and O–H groups in total. The molecule has 0 bridgehead atoms. The van der Waals surface area contributed by atoms with Crippen molar-refractivity contribution < 1.29 is 34.7 Å². The molecule has 1 rings (SSSR count). The van der Waals surface area contributed by atoms with Crippen molar-refractivity contribution in [2.75, 3.05) is 38.9 Å². The summed E-state index contributed by atoms with van der Waals surface area (Å²) in [6, 6.07) is 5.24. The summed E-state index contributed by atoms with van der Waals surface area (Å²) in [7, 11) is -11.6. The SMILES string of the molecule is COCCS(=O)(=O)[C-](S(=O)(=O)CCOC)S(=O)(=O)c1ccc(C)cc1. The topological polar surface area (TPSA) is 121 Å². The van der Waals surface area contributed by atoms with Gasteiger partial charge >= 0.3 is 0 Å². The molecule has 0 saturated carbocycles. The Morgan fingerprint density at radius 3 is 1.56 bits per heavy atom. The summed E-state index contributed by atoms with van der Waals surface area (Å²) in [5, 5.41) is 0. The molecular weight excluding hydrogens is 392 g/mol. The van der Waals surface area contributed by atoms with Crippen LogP contribution in [0.2, 0.25) is 0 Å². The van der Waals surface area contributed by atoms with E-state index in [2.05, 4.69) is 9.47 Å². The Kier molecular flexibility index (Phi) is 7.56. The molecule has 0 aromatic heterocycles.